The zero-order chi connectivity index (χ0) is 15.4. The quantitative estimate of drug-likeness (QED) is 0.936. The van der Waals surface area contributed by atoms with Gasteiger partial charge in [0.1, 0.15) is 11.5 Å². The third-order valence-corrected chi connectivity index (χ3v) is 2.97. The molecule has 0 heterocycles. The highest BCUT2D eigenvalue weighted by atomic mass is 16.5. The molecule has 0 atom stereocenters. The van der Waals surface area contributed by atoms with Gasteiger partial charge in [-0.25, -0.2) is 0 Å². The average Bonchev–Trinajstić information content (AvgIpc) is 2.45. The first-order chi connectivity index (χ1) is 9.97. The molecule has 0 saturated carbocycles. The van der Waals surface area contributed by atoms with Crippen molar-refractivity contribution in [3.05, 3.63) is 54.1 Å². The van der Waals surface area contributed by atoms with E-state index in [4.69, 9.17) is 4.74 Å². The lowest BCUT2D eigenvalue weighted by Crippen LogP contribution is -2.26. The van der Waals surface area contributed by atoms with Crippen LogP contribution in [-0.4, -0.2) is 24.2 Å². The van der Waals surface area contributed by atoms with Crippen LogP contribution in [0.25, 0.3) is 0 Å². The van der Waals surface area contributed by atoms with Gasteiger partial charge in [-0.2, -0.15) is 0 Å². The lowest BCUT2D eigenvalue weighted by atomic mass is 10.1. The molecule has 0 bridgehead atoms. The highest BCUT2D eigenvalue weighted by molar-refractivity contribution is 6.06. The second-order valence-corrected chi connectivity index (χ2v) is 5.08. The smallest absolute Gasteiger partial charge is 0.258 e. The van der Waals surface area contributed by atoms with Crippen molar-refractivity contribution < 1.29 is 14.6 Å². The van der Waals surface area contributed by atoms with Crippen LogP contribution in [0.3, 0.4) is 0 Å². The number of carbonyl (C=O) groups is 1. The zero-order valence-electron chi connectivity index (χ0n) is 12.4. The summed E-state index contributed by atoms with van der Waals surface area (Å²) < 4.78 is 5.60. The molecule has 0 aliphatic heterocycles. The Bertz CT molecular complexity index is 637. The first kappa shape index (κ1) is 14.9. The number of anilines is 1. The fourth-order valence-corrected chi connectivity index (χ4v) is 1.99. The maximum absolute atomic E-state index is 12.5. The number of phenols is 1. The van der Waals surface area contributed by atoms with Gasteiger partial charge in [-0.1, -0.05) is 12.1 Å². The van der Waals surface area contributed by atoms with E-state index in [1.54, 1.807) is 49.5 Å². The number of benzene rings is 2. The second-order valence-electron chi connectivity index (χ2n) is 5.08. The highest BCUT2D eigenvalue weighted by Crippen LogP contribution is 2.22. The zero-order valence-corrected chi connectivity index (χ0v) is 12.4. The summed E-state index contributed by atoms with van der Waals surface area (Å²) in [6.07, 6.45) is 0.0548. The van der Waals surface area contributed by atoms with E-state index in [1.165, 1.54) is 4.90 Å². The first-order valence-electron chi connectivity index (χ1n) is 6.81. The summed E-state index contributed by atoms with van der Waals surface area (Å²) in [6.45, 7) is 3.88. The summed E-state index contributed by atoms with van der Waals surface area (Å²) in [7, 11) is 1.67. The molecular weight excluding hydrogens is 266 g/mol. The van der Waals surface area contributed by atoms with Crippen molar-refractivity contribution in [3.8, 4) is 11.5 Å². The van der Waals surface area contributed by atoms with E-state index in [2.05, 4.69) is 0 Å². The van der Waals surface area contributed by atoms with E-state index >= 15 is 0 Å². The molecule has 110 valence electrons. The maximum atomic E-state index is 12.5. The fourth-order valence-electron chi connectivity index (χ4n) is 1.99. The molecule has 1 amide bonds. The Hall–Kier alpha value is -2.49. The Morgan fingerprint density at radius 1 is 1.14 bits per heavy atom. The Kier molecular flexibility index (Phi) is 4.48. The number of aromatic hydroxyl groups is 1. The molecule has 4 nitrogen and oxygen atoms in total. The van der Waals surface area contributed by atoms with Crippen LogP contribution in [0.1, 0.15) is 24.2 Å². The summed E-state index contributed by atoms with van der Waals surface area (Å²) in [5.74, 6) is 0.638. The highest BCUT2D eigenvalue weighted by Gasteiger charge is 2.14. The summed E-state index contributed by atoms with van der Waals surface area (Å²) in [4.78, 5) is 14.0. The van der Waals surface area contributed by atoms with Gasteiger partial charge in [0.25, 0.3) is 5.91 Å². The molecule has 2 rings (SSSR count). The standard InChI is InChI=1S/C17H19NO3/c1-12(2)21-16-9-4-6-13(10-16)17(20)18(3)14-7-5-8-15(19)11-14/h4-12,19H,1-3H3. The van der Waals surface area contributed by atoms with Crippen molar-refractivity contribution in [2.24, 2.45) is 0 Å². The SMILES string of the molecule is CC(C)Oc1cccc(C(=O)N(C)c2cccc(O)c2)c1. The van der Waals surface area contributed by atoms with Gasteiger partial charge < -0.3 is 14.7 Å². The Labute approximate surface area is 124 Å². The van der Waals surface area contributed by atoms with Gasteiger partial charge in [0.15, 0.2) is 0 Å². The number of nitrogens with zero attached hydrogens (tertiary/aromatic N) is 1. The molecule has 0 aliphatic carbocycles. The van der Waals surface area contributed by atoms with E-state index in [0.29, 0.717) is 17.0 Å². The number of phenolic OH excluding ortho intramolecular Hbond substituents is 1. The van der Waals surface area contributed by atoms with E-state index in [-0.39, 0.29) is 17.8 Å². The Morgan fingerprint density at radius 2 is 1.86 bits per heavy atom. The number of hydrogen-bond acceptors (Lipinski definition) is 3. The Balaban J connectivity index is 2.23. The molecule has 0 aliphatic rings. The Morgan fingerprint density at radius 3 is 2.52 bits per heavy atom. The minimum Gasteiger partial charge on any atom is -0.508 e. The number of ether oxygens (including phenoxy) is 1. The van der Waals surface area contributed by atoms with Crippen molar-refractivity contribution >= 4 is 11.6 Å². The number of carbonyl (C=O) groups excluding carboxylic acids is 1. The number of amides is 1. The molecule has 0 fully saturated rings. The maximum Gasteiger partial charge on any atom is 0.258 e. The minimum absolute atomic E-state index is 0.0548. The molecule has 0 unspecified atom stereocenters. The molecule has 2 aromatic carbocycles. The number of hydrogen-bond donors (Lipinski definition) is 1. The van der Waals surface area contributed by atoms with Crippen LogP contribution in [0.5, 0.6) is 11.5 Å². The molecular formula is C17H19NO3. The molecule has 2 aromatic rings. The molecule has 1 N–H and O–H groups in total. The molecule has 0 saturated heterocycles. The summed E-state index contributed by atoms with van der Waals surface area (Å²) in [5, 5.41) is 9.50. The van der Waals surface area contributed by atoms with Crippen LogP contribution >= 0.6 is 0 Å². The van der Waals surface area contributed by atoms with Crippen LogP contribution in [0.2, 0.25) is 0 Å². The molecule has 21 heavy (non-hydrogen) atoms. The summed E-state index contributed by atoms with van der Waals surface area (Å²) in [6, 6.07) is 13.7. The van der Waals surface area contributed by atoms with Gasteiger partial charge in [-0.05, 0) is 44.2 Å². The third-order valence-electron chi connectivity index (χ3n) is 2.97. The molecule has 0 spiro atoms. The number of rotatable bonds is 4. The summed E-state index contributed by atoms with van der Waals surface area (Å²) in [5.41, 5.74) is 1.18. The monoisotopic (exact) mass is 285 g/mol. The van der Waals surface area contributed by atoms with Crippen molar-refractivity contribution in [3.63, 3.8) is 0 Å². The predicted molar refractivity (Wildman–Crippen MR) is 83.0 cm³/mol. The van der Waals surface area contributed by atoms with E-state index < -0.39 is 0 Å². The van der Waals surface area contributed by atoms with Crippen LogP contribution in [-0.2, 0) is 0 Å². The molecule has 0 aromatic heterocycles. The van der Waals surface area contributed by atoms with Gasteiger partial charge in [0, 0.05) is 24.4 Å². The second kappa shape index (κ2) is 6.31. The van der Waals surface area contributed by atoms with Crippen LogP contribution in [0, 0.1) is 0 Å². The van der Waals surface area contributed by atoms with Gasteiger partial charge in [-0.3, -0.25) is 4.79 Å². The van der Waals surface area contributed by atoms with E-state index in [9.17, 15) is 9.90 Å². The van der Waals surface area contributed by atoms with Gasteiger partial charge in [-0.15, -0.1) is 0 Å². The van der Waals surface area contributed by atoms with Crippen LogP contribution < -0.4 is 9.64 Å². The van der Waals surface area contributed by atoms with Crippen molar-refractivity contribution in [2.45, 2.75) is 20.0 Å². The van der Waals surface area contributed by atoms with E-state index in [1.807, 2.05) is 19.9 Å². The first-order valence-corrected chi connectivity index (χ1v) is 6.81. The van der Waals surface area contributed by atoms with E-state index in [0.717, 1.165) is 0 Å². The van der Waals surface area contributed by atoms with Crippen molar-refractivity contribution in [1.29, 1.82) is 0 Å². The third kappa shape index (κ3) is 3.75. The average molecular weight is 285 g/mol. The largest absolute Gasteiger partial charge is 0.508 e. The molecule has 0 radical (unpaired) electrons. The van der Waals surface area contributed by atoms with Crippen LogP contribution in [0.15, 0.2) is 48.5 Å². The molecule has 4 heteroatoms. The van der Waals surface area contributed by atoms with Crippen molar-refractivity contribution in [1.82, 2.24) is 0 Å². The topological polar surface area (TPSA) is 49.8 Å². The lowest BCUT2D eigenvalue weighted by molar-refractivity contribution is 0.0992. The van der Waals surface area contributed by atoms with Crippen LogP contribution in [0.4, 0.5) is 5.69 Å². The predicted octanol–water partition coefficient (Wildman–Crippen LogP) is 3.46. The van der Waals surface area contributed by atoms with Crippen molar-refractivity contribution in [2.75, 3.05) is 11.9 Å². The van der Waals surface area contributed by atoms with Gasteiger partial charge in [0.2, 0.25) is 0 Å². The fraction of sp³-hybridized carbons (Fsp3) is 0.235. The lowest BCUT2D eigenvalue weighted by Gasteiger charge is -2.18. The normalized spacial score (nSPS) is 10.5. The minimum atomic E-state index is -0.158. The van der Waals surface area contributed by atoms with Gasteiger partial charge in [0.05, 0.1) is 6.10 Å². The van der Waals surface area contributed by atoms with Gasteiger partial charge >= 0.3 is 0 Å². The summed E-state index contributed by atoms with van der Waals surface area (Å²) >= 11 is 0.